The Morgan fingerprint density at radius 1 is 1.00 bits per heavy atom. The van der Waals surface area contributed by atoms with E-state index in [1.54, 1.807) is 12.1 Å². The van der Waals surface area contributed by atoms with Gasteiger partial charge in [0.05, 0.1) is 0 Å². The number of benzene rings is 1. The van der Waals surface area contributed by atoms with Crippen molar-refractivity contribution in [1.29, 1.82) is 0 Å². The molecule has 0 saturated heterocycles. The molecular formula is C11H18O2. The van der Waals surface area contributed by atoms with E-state index in [-0.39, 0.29) is 0 Å². The first-order chi connectivity index (χ1) is 6.00. The van der Waals surface area contributed by atoms with Crippen LogP contribution >= 0.6 is 0 Å². The van der Waals surface area contributed by atoms with Crippen molar-refractivity contribution in [2.45, 2.75) is 33.5 Å². The van der Waals surface area contributed by atoms with E-state index in [4.69, 9.17) is 10.2 Å². The topological polar surface area (TPSA) is 40.5 Å². The average molecular weight is 182 g/mol. The highest BCUT2D eigenvalue weighted by Gasteiger charge is 2.16. The van der Waals surface area contributed by atoms with Crippen LogP contribution in [0.5, 0.6) is 0 Å². The van der Waals surface area contributed by atoms with Crippen LogP contribution in [-0.2, 0) is 5.79 Å². The van der Waals surface area contributed by atoms with Gasteiger partial charge in [0, 0.05) is 5.56 Å². The van der Waals surface area contributed by atoms with E-state index >= 15 is 0 Å². The molecular weight excluding hydrogens is 164 g/mol. The second kappa shape index (κ2) is 5.00. The quantitative estimate of drug-likeness (QED) is 0.653. The van der Waals surface area contributed by atoms with Gasteiger partial charge < -0.3 is 10.2 Å². The molecule has 1 aromatic carbocycles. The van der Waals surface area contributed by atoms with Crippen LogP contribution in [-0.4, -0.2) is 10.2 Å². The zero-order chi connectivity index (χ0) is 10.5. The summed E-state index contributed by atoms with van der Waals surface area (Å²) in [5.41, 5.74) is 1.63. The highest BCUT2D eigenvalue weighted by molar-refractivity contribution is 5.23. The van der Waals surface area contributed by atoms with Crippen molar-refractivity contribution < 1.29 is 10.2 Å². The van der Waals surface area contributed by atoms with Crippen LogP contribution in [0.3, 0.4) is 0 Å². The molecule has 0 aliphatic rings. The number of hydrogen-bond donors (Lipinski definition) is 2. The normalized spacial score (nSPS) is 10.3. The van der Waals surface area contributed by atoms with Crippen molar-refractivity contribution in [3.8, 4) is 0 Å². The largest absolute Gasteiger partial charge is 0.362 e. The third-order valence-electron chi connectivity index (χ3n) is 1.60. The summed E-state index contributed by atoms with van der Waals surface area (Å²) >= 11 is 0. The lowest BCUT2D eigenvalue weighted by Gasteiger charge is -2.15. The lowest BCUT2D eigenvalue weighted by molar-refractivity contribution is -0.152. The van der Waals surface area contributed by atoms with Gasteiger partial charge in [0.25, 0.3) is 0 Å². The molecule has 1 aromatic rings. The Bertz CT molecular complexity index is 231. The number of rotatable bonds is 1. The molecule has 0 aliphatic heterocycles. The summed E-state index contributed by atoms with van der Waals surface area (Å²) in [5, 5.41) is 18.3. The summed E-state index contributed by atoms with van der Waals surface area (Å²) in [6, 6.07) is 7.10. The van der Waals surface area contributed by atoms with Crippen LogP contribution in [0.25, 0.3) is 0 Å². The lowest BCUT2D eigenvalue weighted by Crippen LogP contribution is -2.19. The van der Waals surface area contributed by atoms with E-state index in [1.807, 2.05) is 32.9 Å². The van der Waals surface area contributed by atoms with Gasteiger partial charge in [0.15, 0.2) is 5.79 Å². The fourth-order valence-electron chi connectivity index (χ4n) is 0.869. The average Bonchev–Trinajstić information content (AvgIpc) is 2.07. The number of hydrogen-bond acceptors (Lipinski definition) is 2. The maximum Gasteiger partial charge on any atom is 0.186 e. The summed E-state index contributed by atoms with van der Waals surface area (Å²) in [6.07, 6.45) is 0. The van der Waals surface area contributed by atoms with Gasteiger partial charge in [-0.05, 0) is 13.8 Å². The summed E-state index contributed by atoms with van der Waals surface area (Å²) < 4.78 is 0. The van der Waals surface area contributed by atoms with Gasteiger partial charge in [-0.2, -0.15) is 0 Å². The van der Waals surface area contributed by atoms with Gasteiger partial charge in [0.1, 0.15) is 0 Å². The smallest absolute Gasteiger partial charge is 0.186 e. The molecule has 2 nitrogen and oxygen atoms in total. The Hall–Kier alpha value is -0.860. The maximum atomic E-state index is 9.14. The van der Waals surface area contributed by atoms with Crippen LogP contribution in [0, 0.1) is 6.92 Å². The third-order valence-corrected chi connectivity index (χ3v) is 1.60. The molecule has 0 heterocycles. The van der Waals surface area contributed by atoms with Crippen LogP contribution < -0.4 is 0 Å². The number of aryl methyl sites for hydroxylation is 1. The predicted octanol–water partition coefficient (Wildman–Crippen LogP) is 2.18. The minimum Gasteiger partial charge on any atom is -0.362 e. The monoisotopic (exact) mass is 182 g/mol. The highest BCUT2D eigenvalue weighted by atomic mass is 16.5. The molecule has 1 rings (SSSR count). The second-order valence-electron chi connectivity index (χ2n) is 2.89. The fourth-order valence-corrected chi connectivity index (χ4v) is 0.869. The Balaban J connectivity index is 0.000000671. The summed E-state index contributed by atoms with van der Waals surface area (Å²) in [5.74, 6) is -1.71. The van der Waals surface area contributed by atoms with Crippen LogP contribution in [0.2, 0.25) is 0 Å². The predicted molar refractivity (Wildman–Crippen MR) is 54.3 cm³/mol. The highest BCUT2D eigenvalue weighted by Crippen LogP contribution is 2.16. The van der Waals surface area contributed by atoms with Crippen LogP contribution in [0.4, 0.5) is 0 Å². The van der Waals surface area contributed by atoms with Crippen molar-refractivity contribution in [1.82, 2.24) is 0 Å². The second-order valence-corrected chi connectivity index (χ2v) is 2.89. The minimum absolute atomic E-state index is 0.517. The molecule has 74 valence electrons. The summed E-state index contributed by atoms with van der Waals surface area (Å²) in [4.78, 5) is 0. The van der Waals surface area contributed by atoms with Crippen molar-refractivity contribution >= 4 is 0 Å². The van der Waals surface area contributed by atoms with Crippen molar-refractivity contribution in [3.63, 3.8) is 0 Å². The van der Waals surface area contributed by atoms with Gasteiger partial charge in [-0.3, -0.25) is 0 Å². The SMILES string of the molecule is CC.Cc1ccc(C(C)(O)O)cc1. The Labute approximate surface area is 79.9 Å². The Kier molecular flexibility index (Phi) is 4.67. The van der Waals surface area contributed by atoms with Crippen molar-refractivity contribution in [3.05, 3.63) is 35.4 Å². The third kappa shape index (κ3) is 4.06. The zero-order valence-corrected chi connectivity index (χ0v) is 8.70. The molecule has 0 aromatic heterocycles. The number of aliphatic hydroxyl groups is 2. The molecule has 0 bridgehead atoms. The van der Waals surface area contributed by atoms with E-state index in [1.165, 1.54) is 6.92 Å². The Morgan fingerprint density at radius 3 is 1.69 bits per heavy atom. The maximum absolute atomic E-state index is 9.14. The van der Waals surface area contributed by atoms with E-state index in [9.17, 15) is 0 Å². The standard InChI is InChI=1S/C9H12O2.C2H6/c1-7-3-5-8(6-4-7)9(2,10)11;1-2/h3-6,10-11H,1-2H3;1-2H3. The molecule has 0 amide bonds. The molecule has 2 N–H and O–H groups in total. The van der Waals surface area contributed by atoms with Crippen LogP contribution in [0.1, 0.15) is 31.9 Å². The van der Waals surface area contributed by atoms with E-state index in [2.05, 4.69) is 0 Å². The van der Waals surface area contributed by atoms with E-state index in [0.717, 1.165) is 5.56 Å². The fraction of sp³-hybridized carbons (Fsp3) is 0.455. The first kappa shape index (κ1) is 12.1. The summed E-state index contributed by atoms with van der Waals surface area (Å²) in [6.45, 7) is 7.30. The van der Waals surface area contributed by atoms with Crippen LogP contribution in [0.15, 0.2) is 24.3 Å². The first-order valence-electron chi connectivity index (χ1n) is 4.52. The Morgan fingerprint density at radius 2 is 1.38 bits per heavy atom. The van der Waals surface area contributed by atoms with Gasteiger partial charge in [0.2, 0.25) is 0 Å². The molecule has 0 radical (unpaired) electrons. The van der Waals surface area contributed by atoms with Crippen molar-refractivity contribution in [2.75, 3.05) is 0 Å². The lowest BCUT2D eigenvalue weighted by atomic mass is 10.1. The summed E-state index contributed by atoms with van der Waals surface area (Å²) in [7, 11) is 0. The first-order valence-corrected chi connectivity index (χ1v) is 4.52. The molecule has 2 heteroatoms. The van der Waals surface area contributed by atoms with E-state index < -0.39 is 5.79 Å². The zero-order valence-electron chi connectivity index (χ0n) is 8.70. The minimum atomic E-state index is -1.71. The van der Waals surface area contributed by atoms with Gasteiger partial charge in [-0.1, -0.05) is 43.7 Å². The molecule has 0 fully saturated rings. The molecule has 13 heavy (non-hydrogen) atoms. The molecule has 0 atom stereocenters. The van der Waals surface area contributed by atoms with E-state index in [0.29, 0.717) is 5.56 Å². The van der Waals surface area contributed by atoms with Gasteiger partial charge >= 0.3 is 0 Å². The molecule has 0 spiro atoms. The molecule has 0 unspecified atom stereocenters. The molecule has 0 saturated carbocycles. The van der Waals surface area contributed by atoms with Crippen molar-refractivity contribution in [2.24, 2.45) is 0 Å². The van der Waals surface area contributed by atoms with Gasteiger partial charge in [-0.25, -0.2) is 0 Å². The van der Waals surface area contributed by atoms with Gasteiger partial charge in [-0.15, -0.1) is 0 Å². The molecule has 0 aliphatic carbocycles.